The number of methoxy groups -OCH3 is 1. The fourth-order valence-corrected chi connectivity index (χ4v) is 1.44. The summed E-state index contributed by atoms with van der Waals surface area (Å²) in [6.45, 7) is 0.613. The van der Waals surface area contributed by atoms with Gasteiger partial charge in [-0.1, -0.05) is 11.6 Å². The van der Waals surface area contributed by atoms with Gasteiger partial charge in [-0.25, -0.2) is 4.99 Å². The fourth-order valence-electron chi connectivity index (χ4n) is 1.23. The molecule has 0 aromatic rings. The molecule has 1 unspecified atom stereocenters. The van der Waals surface area contributed by atoms with Crippen LogP contribution in [0.15, 0.2) is 22.4 Å². The maximum atomic E-state index is 5.81. The maximum Gasteiger partial charge on any atom is 0.171 e. The molecular weight excluding hydrogens is 178 g/mol. The molecule has 0 saturated carbocycles. The van der Waals surface area contributed by atoms with Gasteiger partial charge in [0.15, 0.2) is 17.2 Å². The Kier molecular flexibility index (Phi) is 1.86. The molecule has 1 atom stereocenters. The van der Waals surface area contributed by atoms with Crippen molar-refractivity contribution in [3.63, 3.8) is 0 Å². The minimum atomic E-state index is -0.0273. The highest BCUT2D eigenvalue weighted by molar-refractivity contribution is 6.83. The molecule has 2 heterocycles. The third-order valence-electron chi connectivity index (χ3n) is 1.82. The standard InChI is InChI=1S/C7H8ClN3O/c1-12-5-4-10-7-6(8)9-2-3-11(5)7/h2-3,5H,4H2,1H3. The minimum absolute atomic E-state index is 0.0273. The van der Waals surface area contributed by atoms with Gasteiger partial charge in [0.25, 0.3) is 0 Å². The van der Waals surface area contributed by atoms with Gasteiger partial charge in [0.05, 0.1) is 6.54 Å². The summed E-state index contributed by atoms with van der Waals surface area (Å²) in [5.74, 6) is 0.700. The third-order valence-corrected chi connectivity index (χ3v) is 2.09. The Morgan fingerprint density at radius 2 is 2.58 bits per heavy atom. The maximum absolute atomic E-state index is 5.81. The van der Waals surface area contributed by atoms with Crippen LogP contribution < -0.4 is 0 Å². The van der Waals surface area contributed by atoms with Crippen molar-refractivity contribution in [3.8, 4) is 0 Å². The number of nitrogens with zero attached hydrogens (tertiary/aromatic N) is 3. The van der Waals surface area contributed by atoms with E-state index in [9.17, 15) is 0 Å². The molecule has 0 bridgehead atoms. The van der Waals surface area contributed by atoms with Gasteiger partial charge in [0, 0.05) is 19.5 Å². The van der Waals surface area contributed by atoms with Gasteiger partial charge in [0.1, 0.15) is 0 Å². The predicted octanol–water partition coefficient (Wildman–Crippen LogP) is 0.795. The molecule has 0 fully saturated rings. The van der Waals surface area contributed by atoms with Crippen LogP contribution in [0, 0.1) is 0 Å². The van der Waals surface area contributed by atoms with E-state index in [0.717, 1.165) is 0 Å². The van der Waals surface area contributed by atoms with Crippen molar-refractivity contribution in [2.75, 3.05) is 13.7 Å². The third kappa shape index (κ3) is 1.04. The molecule has 2 aliphatic rings. The number of fused-ring (bicyclic) bond motifs is 1. The summed E-state index contributed by atoms with van der Waals surface area (Å²) in [5, 5.41) is 0.428. The first-order chi connectivity index (χ1) is 5.83. The smallest absolute Gasteiger partial charge is 0.171 e. The van der Waals surface area contributed by atoms with Gasteiger partial charge in [-0.05, 0) is 0 Å². The Balaban J connectivity index is 2.26. The molecule has 0 aliphatic carbocycles. The lowest BCUT2D eigenvalue weighted by molar-refractivity contribution is 0.0481. The molecule has 0 radical (unpaired) electrons. The lowest BCUT2D eigenvalue weighted by Crippen LogP contribution is -2.37. The largest absolute Gasteiger partial charge is 0.359 e. The van der Waals surface area contributed by atoms with Gasteiger partial charge >= 0.3 is 0 Å². The first kappa shape index (κ1) is 7.76. The molecule has 2 rings (SSSR count). The Morgan fingerprint density at radius 1 is 1.75 bits per heavy atom. The van der Waals surface area contributed by atoms with Crippen LogP contribution in [0.5, 0.6) is 0 Å². The topological polar surface area (TPSA) is 37.2 Å². The fraction of sp³-hybridized carbons (Fsp3) is 0.429. The van der Waals surface area contributed by atoms with Crippen LogP contribution in [0.3, 0.4) is 0 Å². The predicted molar refractivity (Wildman–Crippen MR) is 47.4 cm³/mol. The van der Waals surface area contributed by atoms with E-state index in [1.807, 2.05) is 11.1 Å². The number of amidine groups is 1. The number of rotatable bonds is 1. The highest BCUT2D eigenvalue weighted by Crippen LogP contribution is 2.17. The van der Waals surface area contributed by atoms with E-state index in [2.05, 4.69) is 9.98 Å². The van der Waals surface area contributed by atoms with Crippen LogP contribution in [0.1, 0.15) is 0 Å². The lowest BCUT2D eigenvalue weighted by atomic mass is 10.4. The van der Waals surface area contributed by atoms with Gasteiger partial charge in [0.2, 0.25) is 0 Å². The summed E-state index contributed by atoms with van der Waals surface area (Å²) in [5.41, 5.74) is 0. The lowest BCUT2D eigenvalue weighted by Gasteiger charge is -2.23. The van der Waals surface area contributed by atoms with Crippen molar-refractivity contribution in [3.05, 3.63) is 12.4 Å². The van der Waals surface area contributed by atoms with Crippen LogP contribution in [-0.2, 0) is 4.74 Å². The molecule has 0 spiro atoms. The number of aliphatic imine (C=N–C) groups is 2. The highest BCUT2D eigenvalue weighted by Gasteiger charge is 2.29. The minimum Gasteiger partial charge on any atom is -0.359 e. The number of hydrogen-bond donors (Lipinski definition) is 0. The van der Waals surface area contributed by atoms with Crippen molar-refractivity contribution in [2.45, 2.75) is 6.23 Å². The van der Waals surface area contributed by atoms with Crippen molar-refractivity contribution >= 4 is 22.6 Å². The van der Waals surface area contributed by atoms with Crippen LogP contribution in [0.2, 0.25) is 0 Å². The quantitative estimate of drug-likeness (QED) is 0.606. The van der Waals surface area contributed by atoms with Crippen LogP contribution >= 0.6 is 11.6 Å². The summed E-state index contributed by atoms with van der Waals surface area (Å²) < 4.78 is 5.18. The Bertz CT molecular complexity index is 284. The van der Waals surface area contributed by atoms with E-state index >= 15 is 0 Å². The number of hydrogen-bond acceptors (Lipinski definition) is 4. The summed E-state index contributed by atoms with van der Waals surface area (Å²) >= 11 is 5.81. The summed E-state index contributed by atoms with van der Waals surface area (Å²) in [7, 11) is 1.65. The highest BCUT2D eigenvalue weighted by atomic mass is 35.5. The molecule has 0 aromatic heterocycles. The van der Waals surface area contributed by atoms with E-state index in [1.165, 1.54) is 0 Å². The molecule has 4 nitrogen and oxygen atoms in total. The molecule has 0 amide bonds. The van der Waals surface area contributed by atoms with Crippen LogP contribution in [-0.4, -0.2) is 35.8 Å². The van der Waals surface area contributed by atoms with Crippen molar-refractivity contribution < 1.29 is 4.74 Å². The van der Waals surface area contributed by atoms with Crippen molar-refractivity contribution in [1.82, 2.24) is 4.90 Å². The van der Waals surface area contributed by atoms with E-state index in [-0.39, 0.29) is 6.23 Å². The molecular formula is C7H8ClN3O. The van der Waals surface area contributed by atoms with Crippen molar-refractivity contribution in [1.29, 1.82) is 0 Å². The summed E-state index contributed by atoms with van der Waals surface area (Å²) in [4.78, 5) is 9.98. The van der Waals surface area contributed by atoms with E-state index < -0.39 is 0 Å². The number of halogens is 1. The second-order valence-electron chi connectivity index (χ2n) is 2.48. The molecule has 0 saturated heterocycles. The summed E-state index contributed by atoms with van der Waals surface area (Å²) in [6, 6.07) is 0. The Morgan fingerprint density at radius 3 is 3.33 bits per heavy atom. The Hall–Kier alpha value is -0.870. The molecule has 0 aromatic carbocycles. The molecule has 0 N–H and O–H groups in total. The van der Waals surface area contributed by atoms with E-state index in [4.69, 9.17) is 16.3 Å². The molecule has 12 heavy (non-hydrogen) atoms. The van der Waals surface area contributed by atoms with E-state index in [1.54, 1.807) is 13.3 Å². The second kappa shape index (κ2) is 2.88. The summed E-state index contributed by atoms with van der Waals surface area (Å²) in [6.07, 6.45) is 3.42. The van der Waals surface area contributed by atoms with E-state index in [0.29, 0.717) is 17.6 Å². The SMILES string of the molecule is COC1CN=C2C(Cl)=NC=CN21. The van der Waals surface area contributed by atoms with Gasteiger partial charge < -0.3 is 9.64 Å². The zero-order valence-corrected chi connectivity index (χ0v) is 7.32. The molecule has 5 heteroatoms. The first-order valence-corrected chi connectivity index (χ1v) is 3.96. The zero-order chi connectivity index (χ0) is 8.55. The number of ether oxygens (including phenoxy) is 1. The molecule has 2 aliphatic heterocycles. The monoisotopic (exact) mass is 185 g/mol. The van der Waals surface area contributed by atoms with Gasteiger partial charge in [-0.15, -0.1) is 0 Å². The normalized spacial score (nSPS) is 26.8. The van der Waals surface area contributed by atoms with Gasteiger partial charge in [-0.2, -0.15) is 0 Å². The zero-order valence-electron chi connectivity index (χ0n) is 6.57. The first-order valence-electron chi connectivity index (χ1n) is 3.59. The molecule has 64 valence electrons. The Labute approximate surface area is 75.2 Å². The second-order valence-corrected chi connectivity index (χ2v) is 2.84. The average molecular weight is 186 g/mol. The van der Waals surface area contributed by atoms with Gasteiger partial charge in [-0.3, -0.25) is 4.99 Å². The van der Waals surface area contributed by atoms with Crippen LogP contribution in [0.25, 0.3) is 0 Å². The van der Waals surface area contributed by atoms with Crippen molar-refractivity contribution in [2.24, 2.45) is 9.98 Å². The average Bonchev–Trinajstić information content (AvgIpc) is 2.49. The van der Waals surface area contributed by atoms with Crippen LogP contribution in [0.4, 0.5) is 0 Å².